The zero-order valence-electron chi connectivity index (χ0n) is 18.5. The fourth-order valence-electron chi connectivity index (χ4n) is 4.11. The molecule has 0 bridgehead atoms. The molecule has 8 heteroatoms. The Bertz CT molecular complexity index is 1740. The number of halogens is 4. The van der Waals surface area contributed by atoms with Gasteiger partial charge < -0.3 is 13.4 Å². The van der Waals surface area contributed by atoms with Crippen LogP contribution in [-0.4, -0.2) is 9.55 Å². The van der Waals surface area contributed by atoms with Crippen molar-refractivity contribution < 1.29 is 17.6 Å². The van der Waals surface area contributed by atoms with E-state index in [-0.39, 0.29) is 10.0 Å². The highest BCUT2D eigenvalue weighted by atomic mass is 35.5. The minimum atomic E-state index is -0.491. The lowest BCUT2D eigenvalue weighted by atomic mass is 10.2. The molecule has 178 valence electrons. The average Bonchev–Trinajstić information content (AvgIpc) is 3.62. The molecule has 3 heterocycles. The maximum Gasteiger partial charge on any atom is 0.177 e. The molecule has 0 spiro atoms. The number of nitrogens with zero attached hydrogens (tertiary/aromatic N) is 2. The Morgan fingerprint density at radius 1 is 0.694 bits per heavy atom. The topological polar surface area (TPSA) is 44.1 Å². The quantitative estimate of drug-likeness (QED) is 0.228. The Morgan fingerprint density at radius 3 is 2.00 bits per heavy atom. The third-order valence-electron chi connectivity index (χ3n) is 5.86. The predicted molar refractivity (Wildman–Crippen MR) is 136 cm³/mol. The first-order chi connectivity index (χ1) is 17.5. The summed E-state index contributed by atoms with van der Waals surface area (Å²) in [6.45, 7) is 0.378. The number of furan rings is 2. The van der Waals surface area contributed by atoms with E-state index in [4.69, 9.17) is 37.0 Å². The molecule has 0 fully saturated rings. The van der Waals surface area contributed by atoms with Crippen LogP contribution in [0.15, 0.2) is 93.8 Å². The molecule has 3 aromatic carbocycles. The Kier molecular flexibility index (Phi) is 5.63. The molecule has 3 aromatic heterocycles. The zero-order chi connectivity index (χ0) is 24.8. The highest BCUT2D eigenvalue weighted by molar-refractivity contribution is 6.31. The van der Waals surface area contributed by atoms with Crippen molar-refractivity contribution in [2.75, 3.05) is 0 Å². The Hall–Kier alpha value is -3.87. The maximum atomic E-state index is 13.6. The highest BCUT2D eigenvalue weighted by Gasteiger charge is 2.18. The fourth-order valence-corrected chi connectivity index (χ4v) is 4.47. The Labute approximate surface area is 214 Å². The molecule has 0 N–H and O–H groups in total. The van der Waals surface area contributed by atoms with E-state index in [0.717, 1.165) is 11.0 Å². The summed E-state index contributed by atoms with van der Waals surface area (Å²) in [6, 6.07) is 23.9. The van der Waals surface area contributed by atoms with E-state index >= 15 is 0 Å². The molecule has 0 aliphatic carbocycles. The molecule has 6 aromatic rings. The number of benzene rings is 3. The molecule has 0 aliphatic heterocycles. The largest absolute Gasteiger partial charge is 0.459 e. The van der Waals surface area contributed by atoms with Gasteiger partial charge in [-0.3, -0.25) is 0 Å². The van der Waals surface area contributed by atoms with Gasteiger partial charge in [0.25, 0.3) is 0 Å². The summed E-state index contributed by atoms with van der Waals surface area (Å²) in [5.41, 5.74) is 3.03. The van der Waals surface area contributed by atoms with Crippen molar-refractivity contribution in [3.05, 3.63) is 112 Å². The molecule has 0 atom stereocenters. The van der Waals surface area contributed by atoms with E-state index < -0.39 is 11.6 Å². The van der Waals surface area contributed by atoms with Crippen LogP contribution in [0, 0.1) is 11.6 Å². The van der Waals surface area contributed by atoms with Crippen molar-refractivity contribution in [1.82, 2.24) is 9.55 Å². The van der Waals surface area contributed by atoms with E-state index in [9.17, 15) is 8.78 Å². The van der Waals surface area contributed by atoms with E-state index in [2.05, 4.69) is 0 Å². The van der Waals surface area contributed by atoms with Crippen LogP contribution in [0.1, 0.15) is 5.76 Å². The second-order valence-electron chi connectivity index (χ2n) is 8.20. The van der Waals surface area contributed by atoms with Crippen molar-refractivity contribution in [3.63, 3.8) is 0 Å². The van der Waals surface area contributed by atoms with Gasteiger partial charge in [0, 0.05) is 11.1 Å². The third-order valence-corrected chi connectivity index (χ3v) is 6.44. The van der Waals surface area contributed by atoms with Gasteiger partial charge in [-0.1, -0.05) is 35.3 Å². The van der Waals surface area contributed by atoms with Crippen molar-refractivity contribution in [3.8, 4) is 34.2 Å². The second-order valence-corrected chi connectivity index (χ2v) is 9.01. The molecule has 0 aliphatic rings. The average molecular weight is 521 g/mol. The molecule has 0 saturated heterocycles. The molecular weight excluding hydrogens is 505 g/mol. The van der Waals surface area contributed by atoms with E-state index in [0.29, 0.717) is 46.5 Å². The van der Waals surface area contributed by atoms with Gasteiger partial charge in [-0.25, -0.2) is 13.8 Å². The summed E-state index contributed by atoms with van der Waals surface area (Å²) >= 11 is 11.9. The zero-order valence-corrected chi connectivity index (χ0v) is 20.0. The summed E-state index contributed by atoms with van der Waals surface area (Å²) in [7, 11) is 0. The van der Waals surface area contributed by atoms with Gasteiger partial charge in [0.15, 0.2) is 11.6 Å². The normalized spacial score (nSPS) is 11.4. The van der Waals surface area contributed by atoms with Crippen molar-refractivity contribution >= 4 is 34.2 Å². The lowest BCUT2D eigenvalue weighted by Gasteiger charge is -2.06. The maximum absolute atomic E-state index is 13.6. The molecular formula is C28H16Cl2F2N2O2. The molecule has 4 nitrogen and oxygen atoms in total. The molecule has 0 unspecified atom stereocenters. The number of hydrogen-bond acceptors (Lipinski definition) is 3. The molecule has 0 saturated carbocycles. The lowest BCUT2D eigenvalue weighted by molar-refractivity contribution is 0.506. The number of rotatable bonds is 5. The first-order valence-corrected chi connectivity index (χ1v) is 11.8. The van der Waals surface area contributed by atoms with Gasteiger partial charge in [-0.2, -0.15) is 0 Å². The molecule has 0 amide bonds. The van der Waals surface area contributed by atoms with E-state index in [1.165, 1.54) is 24.3 Å². The van der Waals surface area contributed by atoms with Crippen LogP contribution >= 0.6 is 23.2 Å². The highest BCUT2D eigenvalue weighted by Crippen LogP contribution is 2.33. The minimum Gasteiger partial charge on any atom is -0.459 e. The Morgan fingerprint density at radius 2 is 1.31 bits per heavy atom. The van der Waals surface area contributed by atoms with Gasteiger partial charge in [0.05, 0.1) is 27.6 Å². The minimum absolute atomic E-state index is 0.0220. The van der Waals surface area contributed by atoms with Crippen LogP contribution < -0.4 is 0 Å². The smallest absolute Gasteiger partial charge is 0.177 e. The van der Waals surface area contributed by atoms with Crippen LogP contribution in [-0.2, 0) is 6.54 Å². The summed E-state index contributed by atoms with van der Waals surface area (Å²) < 4.78 is 41.3. The standard InChI is InChI=1S/C28H16Cl2F2N2O2/c29-19-13-16(5-8-21(19)31)25-10-7-18(35-25)15-34-24-4-2-1-3-23(24)33-28(34)27-12-11-26(36-27)17-6-9-22(32)20(30)14-17/h1-14H,15H2. The molecule has 6 rings (SSSR count). The monoisotopic (exact) mass is 520 g/mol. The summed E-state index contributed by atoms with van der Waals surface area (Å²) in [4.78, 5) is 4.79. The summed E-state index contributed by atoms with van der Waals surface area (Å²) in [5.74, 6) is 1.96. The second kappa shape index (κ2) is 8.97. The first kappa shape index (κ1) is 22.6. The number of hydrogen-bond donors (Lipinski definition) is 0. The third kappa shape index (κ3) is 4.08. The number of para-hydroxylation sites is 2. The van der Waals surface area contributed by atoms with Crippen molar-refractivity contribution in [2.45, 2.75) is 6.54 Å². The van der Waals surface area contributed by atoms with E-state index in [1.807, 2.05) is 47.0 Å². The van der Waals surface area contributed by atoms with Gasteiger partial charge in [0.2, 0.25) is 0 Å². The first-order valence-electron chi connectivity index (χ1n) is 11.0. The number of aromatic nitrogens is 2. The number of fused-ring (bicyclic) bond motifs is 1. The van der Waals surface area contributed by atoms with E-state index in [1.54, 1.807) is 18.2 Å². The fraction of sp³-hybridized carbons (Fsp3) is 0.0357. The molecule has 36 heavy (non-hydrogen) atoms. The van der Waals surface area contributed by atoms with Gasteiger partial charge in [0.1, 0.15) is 28.9 Å². The van der Waals surface area contributed by atoms with Crippen LogP contribution in [0.5, 0.6) is 0 Å². The van der Waals surface area contributed by atoms with Gasteiger partial charge >= 0.3 is 0 Å². The molecule has 0 radical (unpaired) electrons. The van der Waals surface area contributed by atoms with Gasteiger partial charge in [-0.05, 0) is 72.8 Å². The van der Waals surface area contributed by atoms with Crippen LogP contribution in [0.4, 0.5) is 8.78 Å². The number of imidazole rings is 1. The van der Waals surface area contributed by atoms with Crippen LogP contribution in [0.2, 0.25) is 10.0 Å². The van der Waals surface area contributed by atoms with Gasteiger partial charge in [-0.15, -0.1) is 0 Å². The Balaban J connectivity index is 1.38. The summed E-state index contributed by atoms with van der Waals surface area (Å²) in [6.07, 6.45) is 0. The van der Waals surface area contributed by atoms with Crippen LogP contribution in [0.3, 0.4) is 0 Å². The predicted octanol–water partition coefficient (Wildman–Crippen LogP) is 8.86. The lowest BCUT2D eigenvalue weighted by Crippen LogP contribution is -2.00. The summed E-state index contributed by atoms with van der Waals surface area (Å²) in [5, 5.41) is 0.0539. The SMILES string of the molecule is Fc1ccc(-c2ccc(Cn3c(-c4ccc(-c5ccc(F)c(Cl)c5)o4)nc4ccccc43)o2)cc1Cl. The van der Waals surface area contributed by atoms with Crippen molar-refractivity contribution in [1.29, 1.82) is 0 Å². The van der Waals surface area contributed by atoms with Crippen LogP contribution in [0.25, 0.3) is 45.3 Å². The van der Waals surface area contributed by atoms with Crippen molar-refractivity contribution in [2.24, 2.45) is 0 Å².